The van der Waals surface area contributed by atoms with Gasteiger partial charge in [0.15, 0.2) is 0 Å². The van der Waals surface area contributed by atoms with Gasteiger partial charge < -0.3 is 16.0 Å². The molecule has 4 N–H and O–H groups in total. The molecule has 0 unspecified atom stereocenters. The number of pyridine rings is 1. The van der Waals surface area contributed by atoms with Crippen molar-refractivity contribution >= 4 is 44.7 Å². The predicted molar refractivity (Wildman–Crippen MR) is 114 cm³/mol. The summed E-state index contributed by atoms with van der Waals surface area (Å²) in [4.78, 5) is 27.1. The number of fused-ring (bicyclic) bond motifs is 2. The first kappa shape index (κ1) is 18.2. The minimum atomic E-state index is -0.739. The number of nitrogens with one attached hydrogen (secondary N) is 2. The third-order valence-electron chi connectivity index (χ3n) is 4.78. The highest BCUT2D eigenvalue weighted by molar-refractivity contribution is 6.34. The number of anilines is 1. The van der Waals surface area contributed by atoms with Gasteiger partial charge >= 0.3 is 0 Å². The maximum Gasteiger partial charge on any atom is 0.255 e. The van der Waals surface area contributed by atoms with E-state index in [4.69, 9.17) is 17.3 Å². The number of rotatable bonds is 4. The van der Waals surface area contributed by atoms with Crippen molar-refractivity contribution in [3.63, 3.8) is 0 Å². The average Bonchev–Trinajstić information content (AvgIpc) is 2.69. The smallest absolute Gasteiger partial charge is 0.255 e. The minimum absolute atomic E-state index is 0.232. The number of carbonyl (C=O) groups excluding carboxylic acids is 1. The van der Waals surface area contributed by atoms with E-state index < -0.39 is 6.04 Å². The second-order valence-corrected chi connectivity index (χ2v) is 7.07. The van der Waals surface area contributed by atoms with Crippen LogP contribution in [0.5, 0.6) is 0 Å². The molecule has 3 aromatic carbocycles. The lowest BCUT2D eigenvalue weighted by molar-refractivity contribution is -0.117. The van der Waals surface area contributed by atoms with Crippen LogP contribution in [0.3, 0.4) is 0 Å². The number of hydrogen-bond acceptors (Lipinski definition) is 3. The van der Waals surface area contributed by atoms with E-state index in [0.717, 1.165) is 16.3 Å². The van der Waals surface area contributed by atoms with Crippen LogP contribution in [0.15, 0.2) is 71.7 Å². The van der Waals surface area contributed by atoms with E-state index in [0.29, 0.717) is 22.9 Å². The molecule has 5 nitrogen and oxygen atoms in total. The number of halogens is 1. The molecule has 0 saturated heterocycles. The van der Waals surface area contributed by atoms with Crippen molar-refractivity contribution in [2.75, 3.05) is 5.32 Å². The summed E-state index contributed by atoms with van der Waals surface area (Å²) in [5.41, 5.74) is 7.37. The van der Waals surface area contributed by atoms with E-state index in [9.17, 15) is 9.59 Å². The van der Waals surface area contributed by atoms with E-state index in [1.165, 1.54) is 0 Å². The Balaban J connectivity index is 1.57. The molecule has 0 aliphatic carbocycles. The van der Waals surface area contributed by atoms with Crippen LogP contribution in [0, 0.1) is 0 Å². The molecule has 4 rings (SSSR count). The molecule has 4 aromatic rings. The fourth-order valence-electron chi connectivity index (χ4n) is 3.33. The standard InChI is InChI=1S/C22H18ClN3O2/c23-18-12-17-15(8-9-25-21(17)27)11-20(18)26-22(28)19(24)10-14-6-3-5-13-4-1-2-7-16(13)14/h1-9,11-12,19H,10,24H2,(H,25,27)(H,26,28)/t19-/m1/s1. The minimum Gasteiger partial charge on any atom is -0.329 e. The second kappa shape index (κ2) is 7.46. The first-order chi connectivity index (χ1) is 13.5. The van der Waals surface area contributed by atoms with Crippen molar-refractivity contribution in [1.82, 2.24) is 4.98 Å². The normalized spacial score (nSPS) is 12.2. The maximum atomic E-state index is 12.6. The predicted octanol–water partition coefficient (Wildman–Crippen LogP) is 3.84. The number of carbonyl (C=O) groups is 1. The number of nitrogens with two attached hydrogens (primary N) is 1. The van der Waals surface area contributed by atoms with Gasteiger partial charge in [-0.1, -0.05) is 54.1 Å². The topological polar surface area (TPSA) is 88.0 Å². The Bertz CT molecular complexity index is 1240. The molecule has 0 aliphatic rings. The fourth-order valence-corrected chi connectivity index (χ4v) is 3.54. The highest BCUT2D eigenvalue weighted by Gasteiger charge is 2.17. The van der Waals surface area contributed by atoms with Gasteiger partial charge in [-0.05, 0) is 46.3 Å². The Labute approximate surface area is 166 Å². The third-order valence-corrected chi connectivity index (χ3v) is 5.09. The van der Waals surface area contributed by atoms with Gasteiger partial charge in [0.05, 0.1) is 16.8 Å². The zero-order chi connectivity index (χ0) is 19.7. The van der Waals surface area contributed by atoms with Crippen LogP contribution in [0.4, 0.5) is 5.69 Å². The molecule has 1 heterocycles. The molecule has 140 valence electrons. The van der Waals surface area contributed by atoms with Gasteiger partial charge in [0.2, 0.25) is 5.91 Å². The number of benzene rings is 3. The number of H-pyrrole nitrogens is 1. The summed E-state index contributed by atoms with van der Waals surface area (Å²) in [5, 5.41) is 6.41. The Kier molecular flexibility index (Phi) is 4.86. The van der Waals surface area contributed by atoms with E-state index in [1.54, 1.807) is 24.4 Å². The SMILES string of the molecule is N[C@H](Cc1cccc2ccccc12)C(=O)Nc1cc2cc[nH]c(=O)c2cc1Cl. The lowest BCUT2D eigenvalue weighted by Crippen LogP contribution is -2.37. The van der Waals surface area contributed by atoms with Crippen molar-refractivity contribution in [3.05, 3.63) is 87.8 Å². The molecule has 0 spiro atoms. The monoisotopic (exact) mass is 391 g/mol. The molecule has 0 fully saturated rings. The lowest BCUT2D eigenvalue weighted by atomic mass is 9.99. The van der Waals surface area contributed by atoms with Gasteiger partial charge in [0.1, 0.15) is 0 Å². The second-order valence-electron chi connectivity index (χ2n) is 6.66. The Morgan fingerprint density at radius 2 is 1.82 bits per heavy atom. The highest BCUT2D eigenvalue weighted by Crippen LogP contribution is 2.27. The van der Waals surface area contributed by atoms with Crippen molar-refractivity contribution in [1.29, 1.82) is 0 Å². The zero-order valence-corrected chi connectivity index (χ0v) is 15.7. The number of hydrogen-bond donors (Lipinski definition) is 3. The van der Waals surface area contributed by atoms with E-state index in [-0.39, 0.29) is 16.5 Å². The number of amides is 1. The maximum absolute atomic E-state index is 12.6. The van der Waals surface area contributed by atoms with Gasteiger partial charge in [-0.25, -0.2) is 0 Å². The molecule has 0 bridgehead atoms. The third kappa shape index (κ3) is 3.50. The van der Waals surface area contributed by atoms with Gasteiger partial charge in [-0.15, -0.1) is 0 Å². The fraction of sp³-hybridized carbons (Fsp3) is 0.0909. The van der Waals surface area contributed by atoms with Gasteiger partial charge in [-0.3, -0.25) is 9.59 Å². The Morgan fingerprint density at radius 3 is 2.68 bits per heavy atom. The molecule has 0 saturated carbocycles. The number of aromatic amines is 1. The van der Waals surface area contributed by atoms with Crippen molar-refractivity contribution in [3.8, 4) is 0 Å². The summed E-state index contributed by atoms with van der Waals surface area (Å²) in [7, 11) is 0. The van der Waals surface area contributed by atoms with Crippen LogP contribution in [-0.4, -0.2) is 16.9 Å². The first-order valence-electron chi connectivity index (χ1n) is 8.87. The molecule has 0 aliphatic heterocycles. The van der Waals surface area contributed by atoms with Crippen LogP contribution < -0.4 is 16.6 Å². The molecular formula is C22H18ClN3O2. The van der Waals surface area contributed by atoms with Crippen molar-refractivity contribution in [2.45, 2.75) is 12.5 Å². The molecule has 1 aromatic heterocycles. The van der Waals surface area contributed by atoms with E-state index >= 15 is 0 Å². The van der Waals surface area contributed by atoms with Gasteiger partial charge in [-0.2, -0.15) is 0 Å². The van der Waals surface area contributed by atoms with E-state index in [1.807, 2.05) is 42.5 Å². The zero-order valence-electron chi connectivity index (χ0n) is 14.9. The van der Waals surface area contributed by atoms with Crippen LogP contribution in [0.1, 0.15) is 5.56 Å². The molecule has 1 amide bonds. The average molecular weight is 392 g/mol. The molecular weight excluding hydrogens is 374 g/mol. The molecule has 1 atom stereocenters. The van der Waals surface area contributed by atoms with Crippen molar-refractivity contribution in [2.24, 2.45) is 5.73 Å². The summed E-state index contributed by atoms with van der Waals surface area (Å²) in [6.07, 6.45) is 1.95. The van der Waals surface area contributed by atoms with E-state index in [2.05, 4.69) is 10.3 Å². The summed E-state index contributed by atoms with van der Waals surface area (Å²) in [5.74, 6) is -0.334. The summed E-state index contributed by atoms with van der Waals surface area (Å²) < 4.78 is 0. The van der Waals surface area contributed by atoms with Crippen LogP contribution >= 0.6 is 11.6 Å². The van der Waals surface area contributed by atoms with Crippen LogP contribution in [-0.2, 0) is 11.2 Å². The van der Waals surface area contributed by atoms with Crippen LogP contribution in [0.25, 0.3) is 21.5 Å². The van der Waals surface area contributed by atoms with Gasteiger partial charge in [0.25, 0.3) is 5.56 Å². The Hall–Kier alpha value is -3.15. The van der Waals surface area contributed by atoms with Gasteiger partial charge in [0, 0.05) is 11.6 Å². The summed E-state index contributed by atoms with van der Waals surface area (Å²) >= 11 is 6.25. The first-order valence-corrected chi connectivity index (χ1v) is 9.25. The molecule has 0 radical (unpaired) electrons. The van der Waals surface area contributed by atoms with Crippen molar-refractivity contribution < 1.29 is 4.79 Å². The lowest BCUT2D eigenvalue weighted by Gasteiger charge is -2.15. The van der Waals surface area contributed by atoms with Crippen LogP contribution in [0.2, 0.25) is 5.02 Å². The quantitative estimate of drug-likeness (QED) is 0.493. The molecule has 28 heavy (non-hydrogen) atoms. The Morgan fingerprint density at radius 1 is 1.04 bits per heavy atom. The number of aromatic nitrogens is 1. The highest BCUT2D eigenvalue weighted by atomic mass is 35.5. The molecule has 6 heteroatoms. The summed E-state index contributed by atoms with van der Waals surface area (Å²) in [6.45, 7) is 0. The largest absolute Gasteiger partial charge is 0.329 e. The summed E-state index contributed by atoms with van der Waals surface area (Å²) in [6, 6.07) is 18.2.